The highest BCUT2D eigenvalue weighted by atomic mass is 35.5. The molecule has 0 aliphatic carbocycles. The number of aryl methyl sites for hydroxylation is 1. The molecule has 0 saturated carbocycles. The minimum atomic E-state index is -2.71. The fourth-order valence-electron chi connectivity index (χ4n) is 2.51. The summed E-state index contributed by atoms with van der Waals surface area (Å²) in [5, 5.41) is 1.15. The fraction of sp³-hybridized carbons (Fsp3) is 0.250. The normalized spacial score (nSPS) is 11.4. The smallest absolute Gasteiger partial charge is 0.319 e. The Bertz CT molecular complexity index is 904. The van der Waals surface area contributed by atoms with Gasteiger partial charge in [0.1, 0.15) is 5.82 Å². The van der Waals surface area contributed by atoms with Crippen LogP contribution in [0.1, 0.15) is 28.5 Å². The molecule has 1 aromatic carbocycles. The van der Waals surface area contributed by atoms with Crippen molar-refractivity contribution in [1.82, 2.24) is 14.5 Å². The molecule has 3 aromatic rings. The maximum atomic E-state index is 12.9. The van der Waals surface area contributed by atoms with Crippen LogP contribution >= 0.6 is 11.6 Å². The Morgan fingerprint density at radius 3 is 2.88 bits per heavy atom. The maximum absolute atomic E-state index is 12.9. The molecule has 0 bridgehead atoms. The summed E-state index contributed by atoms with van der Waals surface area (Å²) in [5.41, 5.74) is 1.09. The van der Waals surface area contributed by atoms with Crippen LogP contribution < -0.4 is 0 Å². The molecule has 1 amide bonds. The lowest BCUT2D eigenvalue weighted by molar-refractivity contribution is 0.0604. The largest absolute Gasteiger partial charge is 0.449 e. The average molecular weight is 354 g/mol. The number of fused-ring (bicyclic) bond motifs is 1. The van der Waals surface area contributed by atoms with Crippen LogP contribution in [-0.4, -0.2) is 27.4 Å². The molecule has 24 heavy (non-hydrogen) atoms. The van der Waals surface area contributed by atoms with Crippen LogP contribution in [0, 0.1) is 6.92 Å². The Kier molecular flexibility index (Phi) is 4.28. The zero-order valence-electron chi connectivity index (χ0n) is 13.0. The molecule has 2 heterocycles. The van der Waals surface area contributed by atoms with Crippen molar-refractivity contribution in [3.05, 3.63) is 52.8 Å². The van der Waals surface area contributed by atoms with E-state index in [1.807, 2.05) is 0 Å². The van der Waals surface area contributed by atoms with E-state index in [4.69, 9.17) is 16.0 Å². The van der Waals surface area contributed by atoms with Crippen LogP contribution in [-0.2, 0) is 6.54 Å². The number of carbonyl (C=O) groups is 1. The number of alkyl halides is 2. The first-order valence-electron chi connectivity index (χ1n) is 7.13. The molecule has 0 N–H and O–H groups in total. The Morgan fingerprint density at radius 1 is 1.46 bits per heavy atom. The third-order valence-corrected chi connectivity index (χ3v) is 4.09. The van der Waals surface area contributed by atoms with Crippen molar-refractivity contribution in [2.75, 3.05) is 7.05 Å². The zero-order valence-corrected chi connectivity index (χ0v) is 13.7. The van der Waals surface area contributed by atoms with E-state index >= 15 is 0 Å². The summed E-state index contributed by atoms with van der Waals surface area (Å²) in [6.45, 7) is -1.03. The van der Waals surface area contributed by atoms with Gasteiger partial charge < -0.3 is 9.32 Å². The number of amides is 1. The first kappa shape index (κ1) is 16.4. The molecule has 2 aromatic heterocycles. The Labute approximate surface area is 141 Å². The van der Waals surface area contributed by atoms with Gasteiger partial charge in [-0.25, -0.2) is 4.98 Å². The number of para-hydroxylation sites is 1. The highest BCUT2D eigenvalue weighted by molar-refractivity contribution is 6.35. The number of aromatic nitrogens is 2. The lowest BCUT2D eigenvalue weighted by Crippen LogP contribution is -2.28. The van der Waals surface area contributed by atoms with Crippen molar-refractivity contribution in [2.45, 2.75) is 20.0 Å². The van der Waals surface area contributed by atoms with Gasteiger partial charge in [-0.2, -0.15) is 8.78 Å². The second-order valence-corrected chi connectivity index (χ2v) is 5.77. The average Bonchev–Trinajstić information content (AvgIpc) is 3.13. The summed E-state index contributed by atoms with van der Waals surface area (Å²) in [4.78, 5) is 17.8. The Hall–Kier alpha value is -2.41. The van der Waals surface area contributed by atoms with Gasteiger partial charge in [0.2, 0.25) is 0 Å². The summed E-state index contributed by atoms with van der Waals surface area (Å²) in [5.74, 6) is -0.202. The minimum absolute atomic E-state index is 0.0691. The maximum Gasteiger partial charge on any atom is 0.319 e. The van der Waals surface area contributed by atoms with Crippen LogP contribution in [0.25, 0.3) is 11.0 Å². The molecule has 0 aliphatic rings. The minimum Gasteiger partial charge on any atom is -0.449 e. The zero-order chi connectivity index (χ0) is 17.4. The van der Waals surface area contributed by atoms with Crippen molar-refractivity contribution in [2.24, 2.45) is 0 Å². The summed E-state index contributed by atoms with van der Waals surface area (Å²) < 4.78 is 32.1. The van der Waals surface area contributed by atoms with E-state index in [-0.39, 0.29) is 18.1 Å². The molecule has 0 saturated heterocycles. The fourth-order valence-corrected chi connectivity index (χ4v) is 2.73. The second kappa shape index (κ2) is 6.24. The number of imidazole rings is 1. The highest BCUT2D eigenvalue weighted by Crippen LogP contribution is 2.31. The third kappa shape index (κ3) is 2.75. The van der Waals surface area contributed by atoms with Crippen LogP contribution in [0.4, 0.5) is 8.78 Å². The van der Waals surface area contributed by atoms with E-state index in [0.29, 0.717) is 20.7 Å². The number of nitrogens with zero attached hydrogens (tertiary/aromatic N) is 3. The number of halogens is 3. The monoisotopic (exact) mass is 353 g/mol. The summed E-state index contributed by atoms with van der Waals surface area (Å²) in [6, 6.07) is 5.25. The molecule has 5 nitrogen and oxygen atoms in total. The first-order valence-corrected chi connectivity index (χ1v) is 7.51. The molecule has 0 spiro atoms. The Morgan fingerprint density at radius 2 is 2.21 bits per heavy atom. The van der Waals surface area contributed by atoms with Gasteiger partial charge in [-0.1, -0.05) is 23.7 Å². The van der Waals surface area contributed by atoms with Gasteiger partial charge in [-0.05, 0) is 13.0 Å². The van der Waals surface area contributed by atoms with E-state index < -0.39 is 12.5 Å². The second-order valence-electron chi connectivity index (χ2n) is 5.36. The number of hydrogen-bond acceptors (Lipinski definition) is 3. The summed E-state index contributed by atoms with van der Waals surface area (Å²) in [7, 11) is 1.50. The molecule has 126 valence electrons. The Balaban J connectivity index is 1.90. The van der Waals surface area contributed by atoms with Crippen LogP contribution in [0.5, 0.6) is 0 Å². The van der Waals surface area contributed by atoms with Gasteiger partial charge in [0.15, 0.2) is 11.3 Å². The lowest BCUT2D eigenvalue weighted by Gasteiger charge is -2.16. The summed E-state index contributed by atoms with van der Waals surface area (Å²) >= 11 is 6.08. The number of carbonyl (C=O) groups excluding carboxylic acids is 1. The summed E-state index contributed by atoms with van der Waals surface area (Å²) in [6.07, 6.45) is 2.44. The standard InChI is InChI=1S/C16H14ClF2N3O2/c1-9-10-4-3-5-11(17)14(10)24-13(9)15(23)21(2)8-12-20-6-7-22(12)16(18)19/h3-7,16H,8H2,1-2H3. The predicted octanol–water partition coefficient (Wildman–Crippen LogP) is 4.26. The van der Waals surface area contributed by atoms with Gasteiger partial charge in [-0.15, -0.1) is 0 Å². The highest BCUT2D eigenvalue weighted by Gasteiger charge is 2.23. The van der Waals surface area contributed by atoms with Gasteiger partial charge in [-0.3, -0.25) is 9.36 Å². The lowest BCUT2D eigenvalue weighted by atomic mass is 10.1. The first-order chi connectivity index (χ1) is 11.4. The number of benzene rings is 1. The molecule has 0 unspecified atom stereocenters. The quantitative estimate of drug-likeness (QED) is 0.704. The molecular weight excluding hydrogens is 340 g/mol. The predicted molar refractivity (Wildman–Crippen MR) is 85.2 cm³/mol. The van der Waals surface area contributed by atoms with Crippen LogP contribution in [0.3, 0.4) is 0 Å². The van der Waals surface area contributed by atoms with Gasteiger partial charge >= 0.3 is 6.55 Å². The molecule has 8 heteroatoms. The van der Waals surface area contributed by atoms with Crippen molar-refractivity contribution < 1.29 is 18.0 Å². The van der Waals surface area contributed by atoms with E-state index in [9.17, 15) is 13.6 Å². The molecule has 0 atom stereocenters. The molecular formula is C16H14ClF2N3O2. The van der Waals surface area contributed by atoms with Gasteiger partial charge in [0.05, 0.1) is 11.6 Å². The third-order valence-electron chi connectivity index (χ3n) is 3.79. The van der Waals surface area contributed by atoms with Crippen LogP contribution in [0.2, 0.25) is 5.02 Å². The SMILES string of the molecule is Cc1c(C(=O)N(C)Cc2nccn2C(F)F)oc2c(Cl)cccc12. The van der Waals surface area contributed by atoms with E-state index in [0.717, 1.165) is 5.39 Å². The molecule has 0 radical (unpaired) electrons. The van der Waals surface area contributed by atoms with Crippen LogP contribution in [0.15, 0.2) is 35.0 Å². The van der Waals surface area contributed by atoms with Crippen molar-refractivity contribution in [3.63, 3.8) is 0 Å². The van der Waals surface area contributed by atoms with Crippen molar-refractivity contribution in [3.8, 4) is 0 Å². The van der Waals surface area contributed by atoms with E-state index in [1.54, 1.807) is 25.1 Å². The van der Waals surface area contributed by atoms with Gasteiger partial charge in [0.25, 0.3) is 5.91 Å². The number of rotatable bonds is 4. The van der Waals surface area contributed by atoms with E-state index in [1.165, 1.54) is 24.3 Å². The molecule has 0 fully saturated rings. The molecule has 3 rings (SSSR count). The topological polar surface area (TPSA) is 51.3 Å². The number of furan rings is 1. The number of hydrogen-bond donors (Lipinski definition) is 0. The van der Waals surface area contributed by atoms with Crippen molar-refractivity contribution >= 4 is 28.5 Å². The van der Waals surface area contributed by atoms with Gasteiger partial charge in [0, 0.05) is 30.4 Å². The molecule has 0 aliphatic heterocycles. The van der Waals surface area contributed by atoms with E-state index in [2.05, 4.69) is 4.98 Å². The van der Waals surface area contributed by atoms with Crippen molar-refractivity contribution in [1.29, 1.82) is 0 Å².